The normalized spacial score (nSPS) is 14.2. The molecule has 2 aromatic rings. The highest BCUT2D eigenvalue weighted by Crippen LogP contribution is 2.22. The van der Waals surface area contributed by atoms with E-state index in [9.17, 15) is 18.4 Å². The zero-order chi connectivity index (χ0) is 20.8. The summed E-state index contributed by atoms with van der Waals surface area (Å²) in [5, 5.41) is 6.43. The quantitative estimate of drug-likeness (QED) is 0.726. The van der Waals surface area contributed by atoms with Crippen LogP contribution in [0.25, 0.3) is 0 Å². The molecule has 2 amide bonds. The van der Waals surface area contributed by atoms with Gasteiger partial charge in [0.2, 0.25) is 11.8 Å². The van der Waals surface area contributed by atoms with E-state index in [-0.39, 0.29) is 17.9 Å². The Morgan fingerprint density at radius 2 is 1.90 bits per heavy atom. The molecule has 0 bridgehead atoms. The summed E-state index contributed by atoms with van der Waals surface area (Å²) in [5.41, 5.74) is 1.82. The van der Waals surface area contributed by atoms with Crippen LogP contribution in [-0.2, 0) is 22.4 Å². The van der Waals surface area contributed by atoms with E-state index in [0.717, 1.165) is 41.1 Å². The molecular formula is C21H21F2N3O2S. The molecule has 5 nitrogen and oxygen atoms in total. The zero-order valence-corrected chi connectivity index (χ0v) is 16.7. The molecule has 3 rings (SSSR count). The summed E-state index contributed by atoms with van der Waals surface area (Å²) < 4.78 is 26.5. The molecule has 1 atom stereocenters. The van der Waals surface area contributed by atoms with Crippen molar-refractivity contribution in [3.05, 3.63) is 65.2 Å². The first-order valence-corrected chi connectivity index (χ1v) is 10.2. The minimum absolute atomic E-state index is 0.202. The predicted molar refractivity (Wildman–Crippen MR) is 111 cm³/mol. The summed E-state index contributed by atoms with van der Waals surface area (Å²) in [6.07, 6.45) is 0.424. The third-order valence-corrected chi connectivity index (χ3v) is 5.32. The molecule has 1 aliphatic heterocycles. The predicted octanol–water partition coefficient (Wildman–Crippen LogP) is 3.34. The summed E-state index contributed by atoms with van der Waals surface area (Å²) in [6, 6.07) is 9.56. The van der Waals surface area contributed by atoms with Gasteiger partial charge in [-0.25, -0.2) is 8.78 Å². The number of hydrogen-bond acceptors (Lipinski definition) is 4. The zero-order valence-electron chi connectivity index (χ0n) is 15.9. The van der Waals surface area contributed by atoms with Crippen LogP contribution < -0.4 is 10.6 Å². The average Bonchev–Trinajstić information content (AvgIpc) is 3.15. The SMILES string of the molecule is C[C@H](NC(=O)Cc1cc(F)cc(F)c1)C(=O)Nc1ccccc1CC1=NCCS1. The lowest BCUT2D eigenvalue weighted by molar-refractivity contribution is -0.125. The van der Waals surface area contributed by atoms with Gasteiger partial charge < -0.3 is 10.6 Å². The smallest absolute Gasteiger partial charge is 0.246 e. The first kappa shape index (κ1) is 21.0. The van der Waals surface area contributed by atoms with E-state index in [1.165, 1.54) is 0 Å². The molecule has 0 fully saturated rings. The second-order valence-corrected chi connectivity index (χ2v) is 7.86. The Labute approximate surface area is 172 Å². The number of thioether (sulfide) groups is 1. The molecule has 0 saturated heterocycles. The Bertz CT molecular complexity index is 929. The van der Waals surface area contributed by atoms with Crippen molar-refractivity contribution in [3.8, 4) is 0 Å². The summed E-state index contributed by atoms with van der Waals surface area (Å²) in [6.45, 7) is 2.37. The molecule has 0 aromatic heterocycles. The van der Waals surface area contributed by atoms with Crippen molar-refractivity contribution in [2.45, 2.75) is 25.8 Å². The average molecular weight is 417 g/mol. The summed E-state index contributed by atoms with van der Waals surface area (Å²) >= 11 is 1.71. The van der Waals surface area contributed by atoms with Gasteiger partial charge in [-0.05, 0) is 36.2 Å². The van der Waals surface area contributed by atoms with Crippen molar-refractivity contribution in [1.82, 2.24) is 5.32 Å². The number of aliphatic imine (C=N–C) groups is 1. The maximum Gasteiger partial charge on any atom is 0.246 e. The number of halogens is 2. The molecule has 0 unspecified atom stereocenters. The van der Waals surface area contributed by atoms with E-state index in [4.69, 9.17) is 0 Å². The number of benzene rings is 2. The summed E-state index contributed by atoms with van der Waals surface area (Å²) in [7, 11) is 0. The maximum absolute atomic E-state index is 13.2. The van der Waals surface area contributed by atoms with Crippen LogP contribution in [0.3, 0.4) is 0 Å². The van der Waals surface area contributed by atoms with Gasteiger partial charge in [-0.15, -0.1) is 11.8 Å². The molecule has 0 spiro atoms. The lowest BCUT2D eigenvalue weighted by atomic mass is 10.1. The fourth-order valence-corrected chi connectivity index (χ4v) is 3.80. The van der Waals surface area contributed by atoms with Crippen LogP contribution in [-0.4, -0.2) is 35.2 Å². The highest BCUT2D eigenvalue weighted by atomic mass is 32.2. The molecule has 0 aliphatic carbocycles. The van der Waals surface area contributed by atoms with Crippen molar-refractivity contribution in [3.63, 3.8) is 0 Å². The number of nitrogens with one attached hydrogen (secondary N) is 2. The Balaban J connectivity index is 1.58. The molecule has 1 heterocycles. The number of para-hydroxylation sites is 1. The van der Waals surface area contributed by atoms with Crippen molar-refractivity contribution >= 4 is 34.3 Å². The van der Waals surface area contributed by atoms with E-state index in [1.54, 1.807) is 24.8 Å². The van der Waals surface area contributed by atoms with Crippen LogP contribution in [0.4, 0.5) is 14.5 Å². The molecule has 0 saturated carbocycles. The Morgan fingerprint density at radius 1 is 1.17 bits per heavy atom. The van der Waals surface area contributed by atoms with Crippen molar-refractivity contribution in [2.75, 3.05) is 17.6 Å². The second kappa shape index (κ2) is 9.65. The van der Waals surface area contributed by atoms with Gasteiger partial charge in [-0.2, -0.15) is 0 Å². The Morgan fingerprint density at radius 3 is 2.59 bits per heavy atom. The molecule has 1 aliphatic rings. The van der Waals surface area contributed by atoms with Gasteiger partial charge in [0, 0.05) is 30.5 Å². The van der Waals surface area contributed by atoms with Crippen molar-refractivity contribution in [1.29, 1.82) is 0 Å². The summed E-state index contributed by atoms with van der Waals surface area (Å²) in [5.74, 6) is -1.40. The molecule has 8 heteroatoms. The van der Waals surface area contributed by atoms with Gasteiger partial charge in [-0.1, -0.05) is 18.2 Å². The number of hydrogen-bond donors (Lipinski definition) is 2. The lowest BCUT2D eigenvalue weighted by Gasteiger charge is -2.16. The molecular weight excluding hydrogens is 396 g/mol. The first-order chi connectivity index (χ1) is 13.9. The lowest BCUT2D eigenvalue weighted by Crippen LogP contribution is -2.42. The van der Waals surface area contributed by atoms with Crippen LogP contribution in [0.1, 0.15) is 18.1 Å². The first-order valence-electron chi connectivity index (χ1n) is 9.20. The number of anilines is 1. The van der Waals surface area contributed by atoms with Gasteiger partial charge in [0.05, 0.1) is 11.5 Å². The number of rotatable bonds is 7. The van der Waals surface area contributed by atoms with Crippen molar-refractivity contribution in [2.24, 2.45) is 4.99 Å². The van der Waals surface area contributed by atoms with Gasteiger partial charge in [0.15, 0.2) is 0 Å². The third kappa shape index (κ3) is 6.12. The fraction of sp³-hybridized carbons (Fsp3) is 0.286. The molecule has 2 N–H and O–H groups in total. The fourth-order valence-electron chi connectivity index (χ4n) is 2.94. The van der Waals surface area contributed by atoms with Crippen LogP contribution >= 0.6 is 11.8 Å². The Hall–Kier alpha value is -2.74. The van der Waals surface area contributed by atoms with Crippen LogP contribution in [0.2, 0.25) is 0 Å². The van der Waals surface area contributed by atoms with Crippen LogP contribution in [0.5, 0.6) is 0 Å². The van der Waals surface area contributed by atoms with E-state index < -0.39 is 23.6 Å². The number of amides is 2. The standard InChI is InChI=1S/C21H21F2N3O2S/c1-13(25-19(27)10-14-8-16(22)12-17(23)9-14)21(28)26-18-5-3-2-4-15(18)11-20-24-6-7-29-20/h2-5,8-9,12-13H,6-7,10-11H2,1H3,(H,25,27)(H,26,28)/t13-/m0/s1. The second-order valence-electron chi connectivity index (χ2n) is 6.69. The monoisotopic (exact) mass is 417 g/mol. The molecule has 0 radical (unpaired) electrons. The van der Waals surface area contributed by atoms with E-state index >= 15 is 0 Å². The largest absolute Gasteiger partial charge is 0.344 e. The minimum atomic E-state index is -0.813. The Kier molecular flexibility index (Phi) is 6.98. The number of carbonyl (C=O) groups excluding carboxylic acids is 2. The van der Waals surface area contributed by atoms with Crippen molar-refractivity contribution < 1.29 is 18.4 Å². The van der Waals surface area contributed by atoms with E-state index in [2.05, 4.69) is 15.6 Å². The van der Waals surface area contributed by atoms with Gasteiger partial charge >= 0.3 is 0 Å². The van der Waals surface area contributed by atoms with E-state index in [1.807, 2.05) is 18.2 Å². The van der Waals surface area contributed by atoms with Crippen LogP contribution in [0, 0.1) is 11.6 Å². The van der Waals surface area contributed by atoms with Gasteiger partial charge in [0.25, 0.3) is 0 Å². The third-order valence-electron chi connectivity index (χ3n) is 4.32. The topological polar surface area (TPSA) is 70.6 Å². The van der Waals surface area contributed by atoms with Gasteiger partial charge in [-0.3, -0.25) is 14.6 Å². The molecule has 29 heavy (non-hydrogen) atoms. The highest BCUT2D eigenvalue weighted by Gasteiger charge is 2.18. The van der Waals surface area contributed by atoms with Crippen LogP contribution in [0.15, 0.2) is 47.5 Å². The summed E-state index contributed by atoms with van der Waals surface area (Å²) in [4.78, 5) is 29.1. The maximum atomic E-state index is 13.2. The highest BCUT2D eigenvalue weighted by molar-refractivity contribution is 8.14. The minimum Gasteiger partial charge on any atom is -0.344 e. The van der Waals surface area contributed by atoms with E-state index in [0.29, 0.717) is 12.1 Å². The number of carbonyl (C=O) groups is 2. The van der Waals surface area contributed by atoms with Gasteiger partial charge in [0.1, 0.15) is 17.7 Å². The molecule has 152 valence electrons. The molecule has 2 aromatic carbocycles. The number of nitrogens with zero attached hydrogens (tertiary/aromatic N) is 1.